The summed E-state index contributed by atoms with van der Waals surface area (Å²) in [5.41, 5.74) is -0.618. The van der Waals surface area contributed by atoms with Crippen molar-refractivity contribution in [2.24, 2.45) is 0 Å². The topological polar surface area (TPSA) is 50.9 Å². The van der Waals surface area contributed by atoms with Gasteiger partial charge in [0.2, 0.25) is 5.90 Å². The first-order chi connectivity index (χ1) is 6.84. The second kappa shape index (κ2) is 3.92. The first-order valence-electron chi connectivity index (χ1n) is 4.07. The Hall–Kier alpha value is -1.53. The fraction of sp³-hybridized carbons (Fsp3) is 0.500. The number of rotatable bonds is 2. The van der Waals surface area contributed by atoms with Gasteiger partial charge in [-0.1, -0.05) is 0 Å². The molecule has 0 atom stereocenters. The number of nitrogens with one attached hydrogen (secondary N) is 1. The molecule has 0 fully saturated rings. The number of hydrogen-bond donors (Lipinski definition) is 1. The Morgan fingerprint density at radius 2 is 2.20 bits per heavy atom. The molecule has 0 saturated carbocycles. The second-order valence-electron chi connectivity index (χ2n) is 2.95. The maximum absolute atomic E-state index is 12.2. The molecule has 1 N–H and O–H groups in total. The van der Waals surface area contributed by atoms with E-state index in [1.54, 1.807) is 0 Å². The van der Waals surface area contributed by atoms with E-state index in [4.69, 9.17) is 5.41 Å². The van der Waals surface area contributed by atoms with Crippen LogP contribution in [0.5, 0.6) is 0 Å². The van der Waals surface area contributed by atoms with Gasteiger partial charge in [-0.2, -0.15) is 18.3 Å². The fourth-order valence-corrected chi connectivity index (χ4v) is 1.01. The Morgan fingerprint density at radius 1 is 1.60 bits per heavy atom. The van der Waals surface area contributed by atoms with Crippen LogP contribution in [0.15, 0.2) is 6.07 Å². The van der Waals surface area contributed by atoms with Crippen LogP contribution < -0.4 is 0 Å². The fourth-order valence-electron chi connectivity index (χ4n) is 1.01. The Bertz CT molecular complexity index is 370. The van der Waals surface area contributed by atoms with Gasteiger partial charge in [0.05, 0.1) is 7.11 Å². The molecule has 1 rings (SSSR count). The van der Waals surface area contributed by atoms with Crippen LogP contribution in [-0.2, 0) is 17.5 Å². The first-order valence-corrected chi connectivity index (χ1v) is 4.07. The van der Waals surface area contributed by atoms with E-state index in [2.05, 4.69) is 9.84 Å². The number of methoxy groups -OCH3 is 1. The standard InChI is InChI=1S/C8H10F3N3O/c1-5-3-6(8(9,10)11)13-14(5)4-7(12)15-2/h3,12H,4H2,1-2H3. The zero-order valence-corrected chi connectivity index (χ0v) is 8.22. The molecule has 0 bridgehead atoms. The number of alkyl halides is 3. The van der Waals surface area contributed by atoms with Crippen molar-refractivity contribution in [3.8, 4) is 0 Å². The normalized spacial score (nSPS) is 11.5. The molecule has 84 valence electrons. The zero-order valence-electron chi connectivity index (χ0n) is 8.22. The highest BCUT2D eigenvalue weighted by molar-refractivity contribution is 5.72. The summed E-state index contributed by atoms with van der Waals surface area (Å²) in [6.07, 6.45) is -4.45. The van der Waals surface area contributed by atoms with Crippen molar-refractivity contribution in [1.82, 2.24) is 9.78 Å². The van der Waals surface area contributed by atoms with E-state index in [9.17, 15) is 13.2 Å². The molecule has 1 heterocycles. The van der Waals surface area contributed by atoms with Gasteiger partial charge >= 0.3 is 6.18 Å². The minimum Gasteiger partial charge on any atom is -0.483 e. The zero-order chi connectivity index (χ0) is 11.6. The van der Waals surface area contributed by atoms with Crippen molar-refractivity contribution < 1.29 is 17.9 Å². The van der Waals surface area contributed by atoms with Gasteiger partial charge in [0.15, 0.2) is 5.69 Å². The van der Waals surface area contributed by atoms with Gasteiger partial charge in [0.25, 0.3) is 0 Å². The molecule has 1 aromatic heterocycles. The van der Waals surface area contributed by atoms with Crippen molar-refractivity contribution in [3.05, 3.63) is 17.5 Å². The summed E-state index contributed by atoms with van der Waals surface area (Å²) in [5, 5.41) is 10.5. The Kier molecular flexibility index (Phi) is 3.01. The van der Waals surface area contributed by atoms with Gasteiger partial charge in [0.1, 0.15) is 6.54 Å². The molecule has 0 spiro atoms. The van der Waals surface area contributed by atoms with Crippen LogP contribution in [0.4, 0.5) is 13.2 Å². The highest BCUT2D eigenvalue weighted by Gasteiger charge is 2.34. The molecule has 0 aliphatic rings. The minimum atomic E-state index is -4.45. The van der Waals surface area contributed by atoms with Gasteiger partial charge in [0, 0.05) is 5.69 Å². The highest BCUT2D eigenvalue weighted by atomic mass is 19.4. The van der Waals surface area contributed by atoms with Crippen LogP contribution in [0.25, 0.3) is 0 Å². The van der Waals surface area contributed by atoms with Gasteiger partial charge in [-0.25, -0.2) is 0 Å². The van der Waals surface area contributed by atoms with E-state index >= 15 is 0 Å². The summed E-state index contributed by atoms with van der Waals surface area (Å²) in [5.74, 6) is -0.144. The third kappa shape index (κ3) is 2.71. The SMILES string of the molecule is COC(=N)Cn1nc(C(F)(F)F)cc1C. The van der Waals surface area contributed by atoms with Gasteiger partial charge < -0.3 is 4.74 Å². The van der Waals surface area contributed by atoms with E-state index < -0.39 is 11.9 Å². The molecule has 0 aliphatic heterocycles. The Balaban J connectivity index is 2.92. The molecule has 15 heavy (non-hydrogen) atoms. The maximum atomic E-state index is 12.2. The smallest absolute Gasteiger partial charge is 0.435 e. The number of ether oxygens (including phenoxy) is 1. The molecule has 4 nitrogen and oxygen atoms in total. The predicted octanol–water partition coefficient (Wildman–Crippen LogP) is 1.83. The van der Waals surface area contributed by atoms with Crippen molar-refractivity contribution in [2.75, 3.05) is 7.11 Å². The van der Waals surface area contributed by atoms with E-state index in [0.29, 0.717) is 5.69 Å². The monoisotopic (exact) mass is 221 g/mol. The molecule has 0 unspecified atom stereocenters. The predicted molar refractivity (Wildman–Crippen MR) is 46.7 cm³/mol. The lowest BCUT2D eigenvalue weighted by molar-refractivity contribution is -0.141. The van der Waals surface area contributed by atoms with Crippen molar-refractivity contribution in [2.45, 2.75) is 19.6 Å². The lowest BCUT2D eigenvalue weighted by atomic mass is 10.4. The summed E-state index contributed by atoms with van der Waals surface area (Å²) in [6.45, 7) is 1.39. The number of aromatic nitrogens is 2. The number of nitrogens with zero attached hydrogens (tertiary/aromatic N) is 2. The third-order valence-corrected chi connectivity index (χ3v) is 1.81. The average Bonchev–Trinajstić information content (AvgIpc) is 2.47. The summed E-state index contributed by atoms with van der Waals surface area (Å²) >= 11 is 0. The Labute approximate surface area is 84.2 Å². The summed E-state index contributed by atoms with van der Waals surface area (Å²) in [7, 11) is 1.28. The van der Waals surface area contributed by atoms with E-state index in [1.165, 1.54) is 14.0 Å². The largest absolute Gasteiger partial charge is 0.483 e. The summed E-state index contributed by atoms with van der Waals surface area (Å²) in [6, 6.07) is 0.933. The molecule has 0 aromatic carbocycles. The van der Waals surface area contributed by atoms with Crippen LogP contribution in [0.3, 0.4) is 0 Å². The lowest BCUT2D eigenvalue weighted by Crippen LogP contribution is -2.14. The van der Waals surface area contributed by atoms with Crippen LogP contribution in [-0.4, -0.2) is 22.8 Å². The molecule has 0 aliphatic carbocycles. The summed E-state index contributed by atoms with van der Waals surface area (Å²) in [4.78, 5) is 0. The van der Waals surface area contributed by atoms with Crippen LogP contribution in [0.2, 0.25) is 0 Å². The molecule has 1 aromatic rings. The quantitative estimate of drug-likeness (QED) is 0.611. The van der Waals surface area contributed by atoms with Crippen molar-refractivity contribution >= 4 is 5.90 Å². The van der Waals surface area contributed by atoms with Crippen LogP contribution in [0, 0.1) is 12.3 Å². The average molecular weight is 221 g/mol. The van der Waals surface area contributed by atoms with Gasteiger partial charge in [-0.15, -0.1) is 0 Å². The van der Waals surface area contributed by atoms with E-state index in [-0.39, 0.29) is 12.4 Å². The summed E-state index contributed by atoms with van der Waals surface area (Å²) < 4.78 is 42.3. The number of halogens is 3. The number of hydrogen-bond acceptors (Lipinski definition) is 3. The van der Waals surface area contributed by atoms with Crippen molar-refractivity contribution in [3.63, 3.8) is 0 Å². The molecule has 0 radical (unpaired) electrons. The maximum Gasteiger partial charge on any atom is 0.435 e. The number of aryl methyl sites for hydroxylation is 1. The lowest BCUT2D eigenvalue weighted by Gasteiger charge is -2.04. The van der Waals surface area contributed by atoms with Gasteiger partial charge in [-0.3, -0.25) is 10.1 Å². The highest BCUT2D eigenvalue weighted by Crippen LogP contribution is 2.28. The van der Waals surface area contributed by atoms with Gasteiger partial charge in [-0.05, 0) is 13.0 Å². The first kappa shape index (κ1) is 11.5. The molecular formula is C8H10F3N3O. The van der Waals surface area contributed by atoms with Crippen LogP contribution in [0.1, 0.15) is 11.4 Å². The molecular weight excluding hydrogens is 211 g/mol. The third-order valence-electron chi connectivity index (χ3n) is 1.81. The van der Waals surface area contributed by atoms with Crippen molar-refractivity contribution in [1.29, 1.82) is 5.41 Å². The molecule has 0 amide bonds. The second-order valence-corrected chi connectivity index (χ2v) is 2.95. The van der Waals surface area contributed by atoms with E-state index in [1.807, 2.05) is 0 Å². The molecule has 0 saturated heterocycles. The Morgan fingerprint density at radius 3 is 2.60 bits per heavy atom. The van der Waals surface area contributed by atoms with Crippen LogP contribution >= 0.6 is 0 Å². The van der Waals surface area contributed by atoms with E-state index in [0.717, 1.165) is 10.7 Å². The minimum absolute atomic E-state index is 0.0988. The molecule has 7 heteroatoms.